The zero-order valence-corrected chi connectivity index (χ0v) is 8.92. The molecule has 0 spiro atoms. The summed E-state index contributed by atoms with van der Waals surface area (Å²) in [7, 11) is 1.68. The van der Waals surface area contributed by atoms with Crippen LogP contribution in [-0.2, 0) is 24.0 Å². The maximum absolute atomic E-state index is 5.45. The van der Waals surface area contributed by atoms with Crippen LogP contribution in [0.2, 0.25) is 0 Å². The monoisotopic (exact) mass is 208 g/mol. The number of methoxy groups -OCH3 is 1. The lowest BCUT2D eigenvalue weighted by molar-refractivity contribution is 0.200. The first-order valence-corrected chi connectivity index (χ1v) is 5.19. The molecular weight excluding hydrogens is 192 g/mol. The minimum Gasteiger partial charge on any atom is -0.384 e. The molecule has 3 N–H and O–H groups in total. The fraction of sp³-hybridized carbons (Fsp3) is 0.600. The first-order valence-electron chi connectivity index (χ1n) is 5.19. The molecule has 0 atom stereocenters. The predicted molar refractivity (Wildman–Crippen MR) is 57.4 cm³/mol. The Kier molecular flexibility index (Phi) is 3.13. The highest BCUT2D eigenvalue weighted by atomic mass is 16.5. The first kappa shape index (κ1) is 10.3. The van der Waals surface area contributed by atoms with Crippen molar-refractivity contribution in [3.05, 3.63) is 17.1 Å². The third-order valence-electron chi connectivity index (χ3n) is 2.65. The summed E-state index contributed by atoms with van der Waals surface area (Å²) >= 11 is 0. The van der Waals surface area contributed by atoms with Crippen LogP contribution in [0.3, 0.4) is 0 Å². The Labute approximate surface area is 89.0 Å². The van der Waals surface area contributed by atoms with E-state index in [9.17, 15) is 0 Å². The van der Waals surface area contributed by atoms with Gasteiger partial charge in [-0.2, -0.15) is 0 Å². The van der Waals surface area contributed by atoms with Gasteiger partial charge in [0, 0.05) is 24.8 Å². The van der Waals surface area contributed by atoms with Crippen LogP contribution in [-0.4, -0.2) is 23.7 Å². The molecule has 5 heteroatoms. The Balaban J connectivity index is 2.26. The number of hydrogen-bond donors (Lipinski definition) is 2. The maximum Gasteiger partial charge on any atom is 0.147 e. The summed E-state index contributed by atoms with van der Waals surface area (Å²) in [6, 6.07) is 0. The Morgan fingerprint density at radius 2 is 2.27 bits per heavy atom. The van der Waals surface area contributed by atoms with E-state index < -0.39 is 0 Å². The topological polar surface area (TPSA) is 73.1 Å². The molecule has 0 aliphatic heterocycles. The summed E-state index contributed by atoms with van der Waals surface area (Å²) in [6.45, 7) is 0.642. The van der Waals surface area contributed by atoms with Crippen LogP contribution in [0.4, 0.5) is 5.82 Å². The van der Waals surface area contributed by atoms with Crippen molar-refractivity contribution in [2.24, 2.45) is 5.84 Å². The molecule has 5 nitrogen and oxygen atoms in total. The van der Waals surface area contributed by atoms with Crippen LogP contribution in [0, 0.1) is 0 Å². The second kappa shape index (κ2) is 4.55. The van der Waals surface area contributed by atoms with Gasteiger partial charge in [0.2, 0.25) is 0 Å². The van der Waals surface area contributed by atoms with Crippen LogP contribution in [0.15, 0.2) is 0 Å². The van der Waals surface area contributed by atoms with Crippen molar-refractivity contribution >= 4 is 5.82 Å². The number of nitrogens with zero attached hydrogens (tertiary/aromatic N) is 2. The van der Waals surface area contributed by atoms with E-state index in [0.29, 0.717) is 6.61 Å². The molecule has 82 valence electrons. The van der Waals surface area contributed by atoms with Crippen molar-refractivity contribution < 1.29 is 4.74 Å². The summed E-state index contributed by atoms with van der Waals surface area (Å²) in [5.41, 5.74) is 4.97. The van der Waals surface area contributed by atoms with Gasteiger partial charge in [0.25, 0.3) is 0 Å². The SMILES string of the molecule is COCCc1nc2c(c(NN)n1)CCC2. The number of hydrazine groups is 1. The summed E-state index contributed by atoms with van der Waals surface area (Å²) < 4.78 is 5.01. The first-order chi connectivity index (χ1) is 7.35. The van der Waals surface area contributed by atoms with E-state index in [1.54, 1.807) is 7.11 Å². The zero-order chi connectivity index (χ0) is 10.7. The number of rotatable bonds is 4. The molecule has 2 rings (SSSR count). The number of ether oxygens (including phenoxy) is 1. The van der Waals surface area contributed by atoms with Gasteiger partial charge in [-0.3, -0.25) is 0 Å². The second-order valence-corrected chi connectivity index (χ2v) is 3.65. The van der Waals surface area contributed by atoms with E-state index in [0.717, 1.165) is 43.0 Å². The number of aromatic nitrogens is 2. The number of nitrogens with two attached hydrogens (primary N) is 1. The summed E-state index contributed by atoms with van der Waals surface area (Å²) in [5, 5.41) is 0. The Bertz CT molecular complexity index is 354. The fourth-order valence-corrected chi connectivity index (χ4v) is 1.91. The average Bonchev–Trinajstić information content (AvgIpc) is 2.73. The molecule has 1 aromatic heterocycles. The van der Waals surface area contributed by atoms with Crippen molar-refractivity contribution in [1.82, 2.24) is 9.97 Å². The number of nitrogens with one attached hydrogen (secondary N) is 1. The molecule has 0 radical (unpaired) electrons. The lowest BCUT2D eigenvalue weighted by atomic mass is 10.2. The third kappa shape index (κ3) is 2.08. The lowest BCUT2D eigenvalue weighted by Gasteiger charge is -2.08. The van der Waals surface area contributed by atoms with Gasteiger partial charge in [-0.05, 0) is 19.3 Å². The third-order valence-corrected chi connectivity index (χ3v) is 2.65. The van der Waals surface area contributed by atoms with Gasteiger partial charge in [0.15, 0.2) is 0 Å². The molecule has 0 aromatic carbocycles. The van der Waals surface area contributed by atoms with E-state index in [4.69, 9.17) is 10.6 Å². The molecule has 1 aliphatic carbocycles. The van der Waals surface area contributed by atoms with Gasteiger partial charge in [0.1, 0.15) is 11.6 Å². The van der Waals surface area contributed by atoms with Crippen LogP contribution in [0.25, 0.3) is 0 Å². The predicted octanol–water partition coefficient (Wildman–Crippen LogP) is 0.440. The number of anilines is 1. The van der Waals surface area contributed by atoms with Crippen molar-refractivity contribution in [3.8, 4) is 0 Å². The van der Waals surface area contributed by atoms with Gasteiger partial charge >= 0.3 is 0 Å². The smallest absolute Gasteiger partial charge is 0.147 e. The Morgan fingerprint density at radius 3 is 3.00 bits per heavy atom. The molecule has 1 heterocycles. The van der Waals surface area contributed by atoms with Crippen molar-refractivity contribution in [3.63, 3.8) is 0 Å². The molecule has 0 bridgehead atoms. The highest BCUT2D eigenvalue weighted by Crippen LogP contribution is 2.25. The molecular formula is C10H16N4O. The molecule has 0 amide bonds. The number of hydrogen-bond acceptors (Lipinski definition) is 5. The van der Waals surface area contributed by atoms with E-state index in [-0.39, 0.29) is 0 Å². The highest BCUT2D eigenvalue weighted by molar-refractivity contribution is 5.47. The van der Waals surface area contributed by atoms with Crippen LogP contribution in [0.5, 0.6) is 0 Å². The molecule has 15 heavy (non-hydrogen) atoms. The number of aryl methyl sites for hydroxylation is 1. The van der Waals surface area contributed by atoms with Gasteiger partial charge in [-0.15, -0.1) is 0 Å². The largest absolute Gasteiger partial charge is 0.384 e. The van der Waals surface area contributed by atoms with Crippen molar-refractivity contribution in [1.29, 1.82) is 0 Å². The molecule has 0 saturated carbocycles. The van der Waals surface area contributed by atoms with Gasteiger partial charge in [-0.25, -0.2) is 15.8 Å². The van der Waals surface area contributed by atoms with E-state index >= 15 is 0 Å². The van der Waals surface area contributed by atoms with E-state index in [2.05, 4.69) is 15.4 Å². The zero-order valence-electron chi connectivity index (χ0n) is 8.92. The lowest BCUT2D eigenvalue weighted by Crippen LogP contribution is -2.14. The molecule has 1 aromatic rings. The van der Waals surface area contributed by atoms with Crippen LogP contribution in [0.1, 0.15) is 23.5 Å². The maximum atomic E-state index is 5.45. The molecule has 0 fully saturated rings. The average molecular weight is 208 g/mol. The Hall–Kier alpha value is -1.20. The van der Waals surface area contributed by atoms with Crippen molar-refractivity contribution in [2.45, 2.75) is 25.7 Å². The van der Waals surface area contributed by atoms with Crippen LogP contribution < -0.4 is 11.3 Å². The summed E-state index contributed by atoms with van der Waals surface area (Å²) in [5.74, 6) is 7.04. The summed E-state index contributed by atoms with van der Waals surface area (Å²) in [4.78, 5) is 8.89. The minimum absolute atomic E-state index is 0.642. The number of nitrogen functional groups attached to an aromatic ring is 1. The second-order valence-electron chi connectivity index (χ2n) is 3.65. The summed E-state index contributed by atoms with van der Waals surface area (Å²) in [6.07, 6.45) is 3.94. The molecule has 0 unspecified atom stereocenters. The van der Waals surface area contributed by atoms with Crippen molar-refractivity contribution in [2.75, 3.05) is 19.1 Å². The quantitative estimate of drug-likeness (QED) is 0.555. The van der Waals surface area contributed by atoms with Gasteiger partial charge in [-0.1, -0.05) is 0 Å². The van der Waals surface area contributed by atoms with E-state index in [1.165, 1.54) is 5.56 Å². The fourth-order valence-electron chi connectivity index (χ4n) is 1.91. The molecule has 1 aliphatic rings. The highest BCUT2D eigenvalue weighted by Gasteiger charge is 2.18. The van der Waals surface area contributed by atoms with Gasteiger partial charge < -0.3 is 10.2 Å². The van der Waals surface area contributed by atoms with E-state index in [1.807, 2.05) is 0 Å². The standard InChI is InChI=1S/C10H16N4O/c1-15-6-5-9-12-8-4-2-3-7(8)10(13-9)14-11/h2-6,11H2,1H3,(H,12,13,14). The molecule has 0 saturated heterocycles. The Morgan fingerprint density at radius 1 is 1.40 bits per heavy atom. The van der Waals surface area contributed by atoms with Crippen LogP contribution >= 0.6 is 0 Å². The number of fused-ring (bicyclic) bond motifs is 1. The minimum atomic E-state index is 0.642. The normalized spacial score (nSPS) is 14.0. The van der Waals surface area contributed by atoms with Gasteiger partial charge in [0.05, 0.1) is 6.61 Å².